The zero-order valence-corrected chi connectivity index (χ0v) is 11.7. The van der Waals surface area contributed by atoms with E-state index in [1.54, 1.807) is 21.3 Å². The van der Waals surface area contributed by atoms with Gasteiger partial charge >= 0.3 is 0 Å². The molecule has 0 aromatic heterocycles. The number of benzene rings is 1. The first-order chi connectivity index (χ1) is 8.74. The molecule has 0 amide bonds. The normalized spacial score (nSPS) is 12.2. The molecule has 0 aliphatic carbocycles. The Hall–Kier alpha value is -1.26. The van der Waals surface area contributed by atoms with E-state index in [1.807, 2.05) is 18.2 Å². The zero-order valence-electron chi connectivity index (χ0n) is 11.7. The highest BCUT2D eigenvalue weighted by molar-refractivity contribution is 5.40. The van der Waals surface area contributed by atoms with E-state index in [2.05, 4.69) is 12.2 Å². The van der Waals surface area contributed by atoms with E-state index >= 15 is 0 Å². The van der Waals surface area contributed by atoms with Crippen LogP contribution in [-0.2, 0) is 11.3 Å². The smallest absolute Gasteiger partial charge is 0.127 e. The van der Waals surface area contributed by atoms with Crippen molar-refractivity contribution >= 4 is 0 Å². The Bertz CT molecular complexity index is 355. The molecule has 1 aromatic rings. The van der Waals surface area contributed by atoms with E-state index in [-0.39, 0.29) is 0 Å². The van der Waals surface area contributed by atoms with Gasteiger partial charge in [-0.15, -0.1) is 0 Å². The second-order valence-electron chi connectivity index (χ2n) is 4.12. The fraction of sp³-hybridized carbons (Fsp3) is 0.571. The fourth-order valence-electron chi connectivity index (χ4n) is 1.77. The molecule has 1 rings (SSSR count). The third-order valence-electron chi connectivity index (χ3n) is 2.94. The van der Waals surface area contributed by atoms with Crippen LogP contribution in [0.3, 0.4) is 0 Å². The monoisotopic (exact) mass is 253 g/mol. The van der Waals surface area contributed by atoms with E-state index in [0.29, 0.717) is 6.04 Å². The summed E-state index contributed by atoms with van der Waals surface area (Å²) in [5, 5.41) is 3.45. The van der Waals surface area contributed by atoms with Gasteiger partial charge in [0.25, 0.3) is 0 Å². The van der Waals surface area contributed by atoms with Crippen molar-refractivity contribution in [1.29, 1.82) is 0 Å². The van der Waals surface area contributed by atoms with Crippen LogP contribution < -0.4 is 14.8 Å². The molecule has 102 valence electrons. The lowest BCUT2D eigenvalue weighted by Crippen LogP contribution is -2.32. The van der Waals surface area contributed by atoms with E-state index in [4.69, 9.17) is 14.2 Å². The van der Waals surface area contributed by atoms with E-state index in [0.717, 1.165) is 36.6 Å². The van der Waals surface area contributed by atoms with Crippen LogP contribution in [0.5, 0.6) is 11.5 Å². The maximum Gasteiger partial charge on any atom is 0.127 e. The van der Waals surface area contributed by atoms with Crippen molar-refractivity contribution in [2.24, 2.45) is 0 Å². The van der Waals surface area contributed by atoms with Crippen molar-refractivity contribution in [3.05, 3.63) is 23.8 Å². The number of rotatable bonds is 8. The topological polar surface area (TPSA) is 39.7 Å². The van der Waals surface area contributed by atoms with Crippen LogP contribution in [-0.4, -0.2) is 34.0 Å². The lowest BCUT2D eigenvalue weighted by atomic mass is 10.1. The van der Waals surface area contributed by atoms with Gasteiger partial charge in [0.1, 0.15) is 11.5 Å². The number of hydrogen-bond acceptors (Lipinski definition) is 4. The Morgan fingerprint density at radius 2 is 1.94 bits per heavy atom. The largest absolute Gasteiger partial charge is 0.497 e. The predicted molar refractivity (Wildman–Crippen MR) is 72.3 cm³/mol. The highest BCUT2D eigenvalue weighted by atomic mass is 16.5. The molecule has 0 saturated carbocycles. The van der Waals surface area contributed by atoms with E-state index in [9.17, 15) is 0 Å². The second kappa shape index (κ2) is 7.95. The summed E-state index contributed by atoms with van der Waals surface area (Å²) < 4.78 is 15.7. The minimum Gasteiger partial charge on any atom is -0.497 e. The Morgan fingerprint density at radius 3 is 2.50 bits per heavy atom. The molecular formula is C14H23NO3. The van der Waals surface area contributed by atoms with Gasteiger partial charge in [0.05, 0.1) is 20.8 Å². The van der Waals surface area contributed by atoms with Gasteiger partial charge in [-0.05, 0) is 12.5 Å². The fourth-order valence-corrected chi connectivity index (χ4v) is 1.77. The van der Waals surface area contributed by atoms with Crippen LogP contribution in [0, 0.1) is 0 Å². The highest BCUT2D eigenvalue weighted by Crippen LogP contribution is 2.24. The zero-order chi connectivity index (χ0) is 13.4. The number of ether oxygens (including phenoxy) is 3. The summed E-state index contributed by atoms with van der Waals surface area (Å²) in [5.74, 6) is 1.65. The summed E-state index contributed by atoms with van der Waals surface area (Å²) in [5.41, 5.74) is 1.12. The first-order valence-corrected chi connectivity index (χ1v) is 6.18. The molecule has 4 nitrogen and oxygen atoms in total. The minimum atomic E-state index is 0.363. The van der Waals surface area contributed by atoms with Crippen molar-refractivity contribution in [2.75, 3.05) is 27.9 Å². The molecule has 0 bridgehead atoms. The molecule has 1 unspecified atom stereocenters. The molecule has 0 saturated heterocycles. The second-order valence-corrected chi connectivity index (χ2v) is 4.12. The SMILES string of the molecule is CCC(COC)NCc1ccc(OC)cc1OC. The molecule has 0 fully saturated rings. The highest BCUT2D eigenvalue weighted by Gasteiger charge is 2.08. The molecule has 1 atom stereocenters. The number of methoxy groups -OCH3 is 3. The molecule has 0 aliphatic heterocycles. The van der Waals surface area contributed by atoms with Crippen LogP contribution in [0.2, 0.25) is 0 Å². The van der Waals surface area contributed by atoms with Gasteiger partial charge in [-0.1, -0.05) is 13.0 Å². The van der Waals surface area contributed by atoms with Crippen LogP contribution >= 0.6 is 0 Å². The van der Waals surface area contributed by atoms with E-state index in [1.165, 1.54) is 0 Å². The Labute approximate surface area is 109 Å². The first-order valence-electron chi connectivity index (χ1n) is 6.18. The standard InChI is InChI=1S/C14H23NO3/c1-5-12(10-16-2)15-9-11-6-7-13(17-3)8-14(11)18-4/h6-8,12,15H,5,9-10H2,1-4H3. The van der Waals surface area contributed by atoms with Crippen molar-refractivity contribution in [1.82, 2.24) is 5.32 Å². The van der Waals surface area contributed by atoms with Crippen LogP contribution in [0.15, 0.2) is 18.2 Å². The summed E-state index contributed by atoms with van der Waals surface area (Å²) in [6.45, 7) is 3.62. The van der Waals surface area contributed by atoms with Crippen molar-refractivity contribution in [3.63, 3.8) is 0 Å². The summed E-state index contributed by atoms with van der Waals surface area (Å²) in [6, 6.07) is 6.22. The van der Waals surface area contributed by atoms with Gasteiger partial charge in [-0.25, -0.2) is 0 Å². The minimum absolute atomic E-state index is 0.363. The van der Waals surface area contributed by atoms with Gasteiger partial charge in [0.15, 0.2) is 0 Å². The van der Waals surface area contributed by atoms with Crippen molar-refractivity contribution < 1.29 is 14.2 Å². The number of nitrogens with one attached hydrogen (secondary N) is 1. The average molecular weight is 253 g/mol. The van der Waals surface area contributed by atoms with Gasteiger partial charge in [0, 0.05) is 31.3 Å². The van der Waals surface area contributed by atoms with Crippen LogP contribution in [0.4, 0.5) is 0 Å². The summed E-state index contributed by atoms with van der Waals surface area (Å²) in [4.78, 5) is 0. The van der Waals surface area contributed by atoms with Gasteiger partial charge in [-0.2, -0.15) is 0 Å². The van der Waals surface area contributed by atoms with Gasteiger partial charge in [0.2, 0.25) is 0 Å². The third-order valence-corrected chi connectivity index (χ3v) is 2.94. The molecule has 0 radical (unpaired) electrons. The molecule has 1 N–H and O–H groups in total. The maximum absolute atomic E-state index is 5.36. The average Bonchev–Trinajstić information content (AvgIpc) is 2.43. The molecule has 0 spiro atoms. The Balaban J connectivity index is 2.65. The molecule has 18 heavy (non-hydrogen) atoms. The lowest BCUT2D eigenvalue weighted by molar-refractivity contribution is 0.163. The van der Waals surface area contributed by atoms with Crippen molar-refractivity contribution in [3.8, 4) is 11.5 Å². The molecule has 1 aromatic carbocycles. The molecule has 0 aliphatic rings. The molecule has 0 heterocycles. The maximum atomic E-state index is 5.36. The van der Waals surface area contributed by atoms with Gasteiger partial charge < -0.3 is 19.5 Å². The van der Waals surface area contributed by atoms with Crippen LogP contribution in [0.25, 0.3) is 0 Å². The van der Waals surface area contributed by atoms with Crippen molar-refractivity contribution in [2.45, 2.75) is 25.9 Å². The van der Waals surface area contributed by atoms with Gasteiger partial charge in [-0.3, -0.25) is 0 Å². The van der Waals surface area contributed by atoms with E-state index < -0.39 is 0 Å². The van der Waals surface area contributed by atoms with Crippen LogP contribution in [0.1, 0.15) is 18.9 Å². The molecule has 4 heteroatoms. The summed E-state index contributed by atoms with van der Waals surface area (Å²) >= 11 is 0. The quantitative estimate of drug-likeness (QED) is 0.771. The summed E-state index contributed by atoms with van der Waals surface area (Å²) in [7, 11) is 5.04. The first kappa shape index (κ1) is 14.8. The summed E-state index contributed by atoms with van der Waals surface area (Å²) in [6.07, 6.45) is 1.03. The Kier molecular flexibility index (Phi) is 6.54. The predicted octanol–water partition coefficient (Wildman–Crippen LogP) is 2.22. The Morgan fingerprint density at radius 1 is 1.17 bits per heavy atom. The molecular weight excluding hydrogens is 230 g/mol. The lowest BCUT2D eigenvalue weighted by Gasteiger charge is -2.17. The number of hydrogen-bond donors (Lipinski definition) is 1. The third kappa shape index (κ3) is 4.20.